The van der Waals surface area contributed by atoms with Gasteiger partial charge in [0, 0.05) is 0 Å². The second-order valence-electron chi connectivity index (χ2n) is 4.34. The fourth-order valence-electron chi connectivity index (χ4n) is 1.71. The standard InChI is InChI=1S/C12H19ClO5/c1-8(2)17-6-16-7-18-12(15)9-3-4-11(14)10(13)5-9/h9-11,14H,1,3-7H2,2H3. The lowest BCUT2D eigenvalue weighted by Gasteiger charge is -2.28. The number of halogens is 1. The number of hydrogen-bond acceptors (Lipinski definition) is 5. The molecule has 6 heteroatoms. The maximum Gasteiger partial charge on any atom is 0.311 e. The van der Waals surface area contributed by atoms with Gasteiger partial charge in [-0.15, -0.1) is 11.6 Å². The van der Waals surface area contributed by atoms with E-state index in [1.54, 1.807) is 6.92 Å². The molecule has 0 heterocycles. The number of aliphatic hydroxyl groups excluding tert-OH is 1. The van der Waals surface area contributed by atoms with Gasteiger partial charge in [0.15, 0.2) is 13.6 Å². The highest BCUT2D eigenvalue weighted by molar-refractivity contribution is 6.21. The number of carbonyl (C=O) groups excluding carboxylic acids is 1. The lowest BCUT2D eigenvalue weighted by molar-refractivity contribution is -0.170. The van der Waals surface area contributed by atoms with Crippen molar-refractivity contribution in [1.29, 1.82) is 0 Å². The molecule has 1 aliphatic carbocycles. The van der Waals surface area contributed by atoms with Crippen molar-refractivity contribution in [3.05, 3.63) is 12.3 Å². The van der Waals surface area contributed by atoms with Gasteiger partial charge in [-0.05, 0) is 26.2 Å². The molecule has 1 saturated carbocycles. The van der Waals surface area contributed by atoms with Crippen LogP contribution in [0.5, 0.6) is 0 Å². The van der Waals surface area contributed by atoms with Crippen molar-refractivity contribution in [2.75, 3.05) is 13.6 Å². The number of rotatable bonds is 6. The smallest absolute Gasteiger partial charge is 0.311 e. The molecule has 0 spiro atoms. The first-order chi connectivity index (χ1) is 8.50. The lowest BCUT2D eigenvalue weighted by atomic mass is 9.87. The van der Waals surface area contributed by atoms with Crippen LogP contribution in [0.1, 0.15) is 26.2 Å². The van der Waals surface area contributed by atoms with Gasteiger partial charge in [0.1, 0.15) is 0 Å². The van der Waals surface area contributed by atoms with E-state index in [-0.39, 0.29) is 30.9 Å². The zero-order chi connectivity index (χ0) is 13.5. The molecule has 1 aliphatic rings. The van der Waals surface area contributed by atoms with Crippen LogP contribution in [0.25, 0.3) is 0 Å². The van der Waals surface area contributed by atoms with Crippen molar-refractivity contribution in [3.63, 3.8) is 0 Å². The normalized spacial score (nSPS) is 27.6. The second-order valence-corrected chi connectivity index (χ2v) is 4.90. The van der Waals surface area contributed by atoms with E-state index in [1.165, 1.54) is 0 Å². The first kappa shape index (κ1) is 15.3. The Labute approximate surface area is 112 Å². The van der Waals surface area contributed by atoms with Gasteiger partial charge in [0.25, 0.3) is 0 Å². The van der Waals surface area contributed by atoms with E-state index < -0.39 is 6.10 Å². The second kappa shape index (κ2) is 7.61. The van der Waals surface area contributed by atoms with Crippen LogP contribution in [0.15, 0.2) is 12.3 Å². The molecule has 1 N–H and O–H groups in total. The molecule has 1 fully saturated rings. The summed E-state index contributed by atoms with van der Waals surface area (Å²) < 4.78 is 14.8. The Morgan fingerprint density at radius 3 is 2.67 bits per heavy atom. The Morgan fingerprint density at radius 2 is 2.06 bits per heavy atom. The third-order valence-corrected chi connectivity index (χ3v) is 3.21. The largest absolute Gasteiger partial charge is 0.473 e. The molecule has 0 aromatic rings. The van der Waals surface area contributed by atoms with Crippen molar-refractivity contribution in [1.82, 2.24) is 0 Å². The van der Waals surface area contributed by atoms with E-state index in [9.17, 15) is 9.90 Å². The van der Waals surface area contributed by atoms with Crippen LogP contribution in [-0.4, -0.2) is 36.1 Å². The average molecular weight is 279 g/mol. The number of ether oxygens (including phenoxy) is 3. The van der Waals surface area contributed by atoms with Crippen LogP contribution in [0, 0.1) is 5.92 Å². The minimum atomic E-state index is -0.532. The summed E-state index contributed by atoms with van der Waals surface area (Å²) in [5.74, 6) is -0.0722. The van der Waals surface area contributed by atoms with Gasteiger partial charge in [-0.25, -0.2) is 0 Å². The third kappa shape index (κ3) is 5.25. The topological polar surface area (TPSA) is 65.0 Å². The summed E-state index contributed by atoms with van der Waals surface area (Å²) in [4.78, 5) is 11.6. The number of alkyl halides is 1. The molecule has 3 atom stereocenters. The Kier molecular flexibility index (Phi) is 6.46. The molecule has 0 bridgehead atoms. The van der Waals surface area contributed by atoms with Crippen LogP contribution in [0.2, 0.25) is 0 Å². The van der Waals surface area contributed by atoms with Gasteiger partial charge < -0.3 is 19.3 Å². The van der Waals surface area contributed by atoms with Gasteiger partial charge in [-0.3, -0.25) is 4.79 Å². The summed E-state index contributed by atoms with van der Waals surface area (Å²) in [5.41, 5.74) is 0. The van der Waals surface area contributed by atoms with Crippen LogP contribution in [-0.2, 0) is 19.0 Å². The van der Waals surface area contributed by atoms with Gasteiger partial charge >= 0.3 is 5.97 Å². The molecule has 0 aromatic carbocycles. The van der Waals surface area contributed by atoms with Crippen LogP contribution < -0.4 is 0 Å². The highest BCUT2D eigenvalue weighted by Gasteiger charge is 2.32. The zero-order valence-corrected chi connectivity index (χ0v) is 11.2. The van der Waals surface area contributed by atoms with Crippen LogP contribution in [0.3, 0.4) is 0 Å². The minimum absolute atomic E-state index is 0.00409. The van der Waals surface area contributed by atoms with Crippen molar-refractivity contribution >= 4 is 17.6 Å². The molecule has 0 saturated heterocycles. The van der Waals surface area contributed by atoms with Crippen molar-refractivity contribution in [2.24, 2.45) is 5.92 Å². The summed E-state index contributed by atoms with van der Waals surface area (Å²) in [6.45, 7) is 5.08. The average Bonchev–Trinajstić information content (AvgIpc) is 2.31. The third-order valence-electron chi connectivity index (χ3n) is 2.74. The van der Waals surface area contributed by atoms with Gasteiger partial charge in [-0.2, -0.15) is 0 Å². The number of aliphatic hydroxyl groups is 1. The van der Waals surface area contributed by atoms with E-state index in [1.807, 2.05) is 0 Å². The fraction of sp³-hybridized carbons (Fsp3) is 0.750. The number of carbonyl (C=O) groups is 1. The molecular formula is C12H19ClO5. The van der Waals surface area contributed by atoms with E-state index in [4.69, 9.17) is 25.8 Å². The molecular weight excluding hydrogens is 260 g/mol. The maximum absolute atomic E-state index is 11.6. The Hall–Kier alpha value is -0.780. The summed E-state index contributed by atoms with van der Waals surface area (Å²) >= 11 is 5.91. The Morgan fingerprint density at radius 1 is 1.39 bits per heavy atom. The Balaban J connectivity index is 2.15. The fourth-order valence-corrected chi connectivity index (χ4v) is 2.05. The predicted molar refractivity (Wildman–Crippen MR) is 65.8 cm³/mol. The van der Waals surface area contributed by atoms with E-state index in [0.717, 1.165) is 0 Å². The highest BCUT2D eigenvalue weighted by atomic mass is 35.5. The summed E-state index contributed by atoms with van der Waals surface area (Å²) in [6.07, 6.45) is 1.01. The van der Waals surface area contributed by atoms with E-state index in [0.29, 0.717) is 25.0 Å². The SMILES string of the molecule is C=C(C)OCOCOC(=O)C1CCC(O)C(Cl)C1. The molecule has 18 heavy (non-hydrogen) atoms. The van der Waals surface area contributed by atoms with Gasteiger partial charge in [-0.1, -0.05) is 6.58 Å². The minimum Gasteiger partial charge on any atom is -0.473 e. The van der Waals surface area contributed by atoms with Crippen LogP contribution >= 0.6 is 11.6 Å². The molecule has 3 unspecified atom stereocenters. The highest BCUT2D eigenvalue weighted by Crippen LogP contribution is 2.29. The van der Waals surface area contributed by atoms with E-state index >= 15 is 0 Å². The van der Waals surface area contributed by atoms with Crippen molar-refractivity contribution in [2.45, 2.75) is 37.7 Å². The molecule has 0 aromatic heterocycles. The summed E-state index contributed by atoms with van der Waals surface area (Å²) in [6, 6.07) is 0. The van der Waals surface area contributed by atoms with Crippen molar-refractivity contribution in [3.8, 4) is 0 Å². The lowest BCUT2D eigenvalue weighted by Crippen LogP contribution is -2.34. The Bertz CT molecular complexity index is 294. The molecule has 5 nitrogen and oxygen atoms in total. The van der Waals surface area contributed by atoms with Crippen LogP contribution in [0.4, 0.5) is 0 Å². The predicted octanol–water partition coefficient (Wildman–Crippen LogP) is 1.78. The molecule has 0 amide bonds. The quantitative estimate of drug-likeness (QED) is 0.264. The molecule has 0 aliphatic heterocycles. The summed E-state index contributed by atoms with van der Waals surface area (Å²) in [5, 5.41) is 9.06. The van der Waals surface area contributed by atoms with E-state index in [2.05, 4.69) is 6.58 Å². The molecule has 1 rings (SSSR count). The summed E-state index contributed by atoms with van der Waals surface area (Å²) in [7, 11) is 0. The van der Waals surface area contributed by atoms with Gasteiger partial charge in [0.05, 0.1) is 23.2 Å². The number of hydrogen-bond donors (Lipinski definition) is 1. The van der Waals surface area contributed by atoms with Gasteiger partial charge in [0.2, 0.25) is 0 Å². The van der Waals surface area contributed by atoms with Crippen molar-refractivity contribution < 1.29 is 24.1 Å². The first-order valence-corrected chi connectivity index (χ1v) is 6.29. The zero-order valence-electron chi connectivity index (χ0n) is 10.4. The molecule has 0 radical (unpaired) electrons. The number of esters is 1. The molecule has 104 valence electrons. The number of allylic oxidation sites excluding steroid dienone is 1. The first-order valence-electron chi connectivity index (χ1n) is 5.85. The maximum atomic E-state index is 11.6. The monoisotopic (exact) mass is 278 g/mol.